The van der Waals surface area contributed by atoms with Gasteiger partial charge in [0.15, 0.2) is 0 Å². The summed E-state index contributed by atoms with van der Waals surface area (Å²) in [4.78, 5) is 23.2. The highest BCUT2D eigenvalue weighted by Gasteiger charge is 2.22. The number of benzene rings is 4. The van der Waals surface area contributed by atoms with Crippen molar-refractivity contribution in [2.24, 2.45) is 0 Å². The summed E-state index contributed by atoms with van der Waals surface area (Å²) in [5, 5.41) is 15.9. The van der Waals surface area contributed by atoms with Gasteiger partial charge >= 0.3 is 18.2 Å². The van der Waals surface area contributed by atoms with Gasteiger partial charge in [0.05, 0.1) is 19.8 Å². The molecule has 0 radical (unpaired) electrons. The van der Waals surface area contributed by atoms with Gasteiger partial charge in [-0.15, -0.1) is 20.4 Å². The molecule has 4 heterocycles. The van der Waals surface area contributed by atoms with Gasteiger partial charge in [-0.05, 0) is 110 Å². The predicted molar refractivity (Wildman–Crippen MR) is 264 cm³/mol. The number of amides is 1. The lowest BCUT2D eigenvalue weighted by molar-refractivity contribution is 0.115. The lowest BCUT2D eigenvalue weighted by atomic mass is 10.1. The van der Waals surface area contributed by atoms with Gasteiger partial charge in [0.25, 0.3) is 11.8 Å². The van der Waals surface area contributed by atoms with Crippen molar-refractivity contribution in [3.8, 4) is 34.4 Å². The number of hydrogen-bond acceptors (Lipinski definition) is 14. The molecule has 2 saturated heterocycles. The molecule has 0 spiro atoms. The van der Waals surface area contributed by atoms with Crippen LogP contribution in [0, 0.1) is 11.6 Å². The number of piperazine rings is 2. The number of rotatable bonds is 22. The van der Waals surface area contributed by atoms with Crippen LogP contribution in [-0.4, -0.2) is 137 Å². The number of carbonyl (C=O) groups excluding carboxylic acids is 1. The topological polar surface area (TPSA) is 142 Å². The first-order valence-corrected chi connectivity index (χ1v) is 24.6. The van der Waals surface area contributed by atoms with E-state index in [1.54, 1.807) is 36.4 Å². The summed E-state index contributed by atoms with van der Waals surface area (Å²) >= 11 is 5.80. The van der Waals surface area contributed by atoms with Crippen molar-refractivity contribution in [1.82, 2.24) is 40.0 Å². The fourth-order valence-corrected chi connectivity index (χ4v) is 8.30. The minimum atomic E-state index is -2.92. The molecule has 73 heavy (non-hydrogen) atoms. The van der Waals surface area contributed by atoms with Gasteiger partial charge < -0.3 is 43.2 Å². The summed E-state index contributed by atoms with van der Waals surface area (Å²) in [6, 6.07) is 22.6. The van der Waals surface area contributed by atoms with E-state index in [0.717, 1.165) is 109 Å². The number of nitrogens with zero attached hydrogens (tertiary/aromatic N) is 9. The van der Waals surface area contributed by atoms with Crippen LogP contribution in [-0.2, 0) is 13.1 Å². The third-order valence-electron chi connectivity index (χ3n) is 12.5. The standard InChI is InChI=1S/C26H29ClF3N5O3.C25H30F3N5O2/c1-2-33-11-13-34(14-12-33)10-3-15-37-21-8-6-20(7-9-21)35(26(27)36)17-19-5-4-18(16-22(19)28)24-31-32-25(38-24)23(29)30;1-2-32-11-13-33(14-12-32)10-3-15-34-21-8-6-20(7-9-21)29-17-19-5-4-18(16-22(19)26)24-30-31-25(35-24)23(27)28/h4-9,16,23H,2-3,10-15,17H2,1H3;4-9,16,23,29H,2-3,10-15,17H2,1H3. The Morgan fingerprint density at radius 2 is 1.07 bits per heavy atom. The quantitative estimate of drug-likeness (QED) is 0.0298. The van der Waals surface area contributed by atoms with E-state index in [0.29, 0.717) is 30.2 Å². The van der Waals surface area contributed by atoms with Crippen LogP contribution in [0.25, 0.3) is 22.9 Å². The molecule has 0 bridgehead atoms. The number of likely N-dealkylation sites (N-methyl/N-ethyl adjacent to an activating group) is 2. The third-order valence-corrected chi connectivity index (χ3v) is 12.7. The van der Waals surface area contributed by atoms with Crippen LogP contribution >= 0.6 is 11.6 Å². The SMILES string of the molecule is CCN1CCN(CCCOc2ccc(N(Cc3ccc(-c4nnc(C(F)F)o4)cc3F)C(=O)Cl)cc2)CC1.CCN1CCN(CCCOc2ccc(NCc3ccc(-c4nnc(C(F)F)o4)cc3F)cc2)CC1. The molecule has 2 fully saturated rings. The zero-order chi connectivity index (χ0) is 51.7. The highest BCUT2D eigenvalue weighted by Crippen LogP contribution is 2.29. The number of carbonyl (C=O) groups is 1. The number of nitrogens with one attached hydrogen (secondary N) is 1. The molecule has 1 amide bonds. The minimum Gasteiger partial charge on any atom is -0.494 e. The van der Waals surface area contributed by atoms with Crippen molar-refractivity contribution in [1.29, 1.82) is 0 Å². The molecule has 0 aliphatic carbocycles. The van der Waals surface area contributed by atoms with E-state index in [1.807, 2.05) is 24.3 Å². The lowest BCUT2D eigenvalue weighted by Gasteiger charge is -2.33. The first kappa shape index (κ1) is 54.5. The highest BCUT2D eigenvalue weighted by molar-refractivity contribution is 6.66. The normalized spacial score (nSPS) is 14.8. The maximum absolute atomic E-state index is 14.8. The zero-order valence-corrected chi connectivity index (χ0v) is 41.4. The molecule has 2 aromatic heterocycles. The summed E-state index contributed by atoms with van der Waals surface area (Å²) in [5.74, 6) is -1.74. The molecular weight excluding hydrogens is 982 g/mol. The molecule has 6 aromatic rings. The second-order valence-corrected chi connectivity index (χ2v) is 17.6. The van der Waals surface area contributed by atoms with Crippen molar-refractivity contribution in [2.75, 3.05) is 102 Å². The second-order valence-electron chi connectivity index (χ2n) is 17.3. The molecular formula is C51H59ClF6N10O5. The molecule has 0 unspecified atom stereocenters. The monoisotopic (exact) mass is 1040 g/mol. The van der Waals surface area contributed by atoms with Crippen molar-refractivity contribution in [2.45, 2.75) is 52.6 Å². The van der Waals surface area contributed by atoms with Gasteiger partial charge in [0, 0.05) is 106 Å². The smallest absolute Gasteiger partial charge is 0.321 e. The van der Waals surface area contributed by atoms with Gasteiger partial charge in [-0.1, -0.05) is 26.0 Å². The molecule has 2 aliphatic rings. The number of hydrogen-bond donors (Lipinski definition) is 1. The largest absolute Gasteiger partial charge is 0.494 e. The first-order chi connectivity index (χ1) is 35.3. The van der Waals surface area contributed by atoms with E-state index in [-0.39, 0.29) is 41.6 Å². The molecule has 2 aliphatic heterocycles. The summed E-state index contributed by atoms with van der Waals surface area (Å²) in [7, 11) is 0. The van der Waals surface area contributed by atoms with E-state index < -0.39 is 41.6 Å². The molecule has 0 saturated carbocycles. The molecule has 4 aromatic carbocycles. The Labute approximate surface area is 425 Å². The number of aromatic nitrogens is 4. The van der Waals surface area contributed by atoms with Crippen LogP contribution in [0.2, 0.25) is 0 Å². The van der Waals surface area contributed by atoms with Crippen LogP contribution in [0.15, 0.2) is 93.8 Å². The van der Waals surface area contributed by atoms with Gasteiger partial charge in [-0.2, -0.15) is 17.6 Å². The Kier molecular flexibility index (Phi) is 20.3. The number of halogens is 7. The average molecular weight is 1040 g/mol. The zero-order valence-electron chi connectivity index (χ0n) is 40.7. The summed E-state index contributed by atoms with van der Waals surface area (Å²) < 4.78 is 101. The van der Waals surface area contributed by atoms with E-state index >= 15 is 0 Å². The number of anilines is 2. The van der Waals surface area contributed by atoms with Crippen molar-refractivity contribution in [3.05, 3.63) is 119 Å². The van der Waals surface area contributed by atoms with E-state index in [9.17, 15) is 31.1 Å². The van der Waals surface area contributed by atoms with Gasteiger partial charge in [-0.25, -0.2) is 8.78 Å². The lowest BCUT2D eigenvalue weighted by Crippen LogP contribution is -2.46. The summed E-state index contributed by atoms with van der Waals surface area (Å²) in [6.07, 6.45) is -3.91. The molecule has 392 valence electrons. The van der Waals surface area contributed by atoms with Crippen molar-refractivity contribution >= 4 is 28.3 Å². The Bertz CT molecular complexity index is 2630. The van der Waals surface area contributed by atoms with Gasteiger partial charge in [0.2, 0.25) is 11.8 Å². The predicted octanol–water partition coefficient (Wildman–Crippen LogP) is 10.4. The van der Waals surface area contributed by atoms with E-state index in [2.05, 4.69) is 59.2 Å². The van der Waals surface area contributed by atoms with Gasteiger partial charge in [-0.3, -0.25) is 9.69 Å². The summed E-state index contributed by atoms with van der Waals surface area (Å²) in [5.41, 5.74) is 2.26. The third kappa shape index (κ3) is 16.1. The van der Waals surface area contributed by atoms with Crippen LogP contribution in [0.4, 0.5) is 42.5 Å². The molecule has 8 rings (SSSR count). The number of alkyl halides is 4. The van der Waals surface area contributed by atoms with Crippen LogP contribution < -0.4 is 19.7 Å². The Morgan fingerprint density at radius 1 is 0.630 bits per heavy atom. The fraction of sp³-hybridized carbons (Fsp3) is 0.431. The highest BCUT2D eigenvalue weighted by atomic mass is 35.5. The van der Waals surface area contributed by atoms with Crippen molar-refractivity contribution < 1.29 is 49.4 Å². The fourth-order valence-electron chi connectivity index (χ4n) is 8.14. The van der Waals surface area contributed by atoms with Crippen molar-refractivity contribution in [3.63, 3.8) is 0 Å². The van der Waals surface area contributed by atoms with Gasteiger partial charge in [0.1, 0.15) is 23.1 Å². The van der Waals surface area contributed by atoms with E-state index in [1.165, 1.54) is 23.1 Å². The Morgan fingerprint density at radius 3 is 1.48 bits per heavy atom. The summed E-state index contributed by atoms with van der Waals surface area (Å²) in [6.45, 7) is 18.8. The molecule has 1 N–H and O–H groups in total. The van der Waals surface area contributed by atoms with E-state index in [4.69, 9.17) is 29.9 Å². The van der Waals surface area contributed by atoms with Crippen LogP contribution in [0.5, 0.6) is 11.5 Å². The molecule has 0 atom stereocenters. The van der Waals surface area contributed by atoms with Crippen LogP contribution in [0.1, 0.15) is 62.4 Å². The molecule has 15 nitrogen and oxygen atoms in total. The molecule has 22 heteroatoms. The maximum Gasteiger partial charge on any atom is 0.321 e. The average Bonchev–Trinajstić information content (AvgIpc) is 4.12. The Hall–Kier alpha value is -6.26. The first-order valence-electron chi connectivity index (χ1n) is 24.2. The Balaban J connectivity index is 0.000000214. The minimum absolute atomic E-state index is 0.138. The second kappa shape index (κ2) is 27.2. The van der Waals surface area contributed by atoms with Crippen LogP contribution in [0.3, 0.4) is 0 Å². The maximum atomic E-state index is 14.8. The number of ether oxygens (including phenoxy) is 2.